The fourth-order valence-corrected chi connectivity index (χ4v) is 6.48. The second-order valence-electron chi connectivity index (χ2n) is 12.5. The number of hydrogen-bond acceptors (Lipinski definition) is 7. The molecular weight excluding hydrogens is 592 g/mol. The van der Waals surface area contributed by atoms with E-state index in [0.29, 0.717) is 12.8 Å². The quantitative estimate of drug-likeness (QED) is 0.146. The summed E-state index contributed by atoms with van der Waals surface area (Å²) in [4.78, 5) is 50.7. The van der Waals surface area contributed by atoms with Crippen molar-refractivity contribution in [3.63, 3.8) is 0 Å². The number of esters is 1. The van der Waals surface area contributed by atoms with Crippen LogP contribution >= 0.6 is 0 Å². The molecule has 0 fully saturated rings. The van der Waals surface area contributed by atoms with Crippen LogP contribution in [0.25, 0.3) is 0 Å². The summed E-state index contributed by atoms with van der Waals surface area (Å²) in [6.07, 6.45) is 0.316. The van der Waals surface area contributed by atoms with Crippen molar-refractivity contribution in [3.8, 4) is 0 Å². The van der Waals surface area contributed by atoms with Crippen LogP contribution in [0.15, 0.2) is 77.7 Å². The van der Waals surface area contributed by atoms with Gasteiger partial charge in [0.25, 0.3) is 0 Å². The lowest BCUT2D eigenvalue weighted by Crippen LogP contribution is -2.25. The highest BCUT2D eigenvalue weighted by Gasteiger charge is 2.29. The number of carboxylic acids is 1. The van der Waals surface area contributed by atoms with E-state index in [0.717, 1.165) is 16.7 Å². The van der Waals surface area contributed by atoms with Crippen LogP contribution in [0.3, 0.4) is 0 Å². The first-order chi connectivity index (χ1) is 21.0. The maximum absolute atomic E-state index is 13.7. The molecule has 8 nitrogen and oxygen atoms in total. The molecule has 9 heteroatoms. The predicted octanol–water partition coefficient (Wildman–Crippen LogP) is 6.60. The van der Waals surface area contributed by atoms with Gasteiger partial charge in [-0.1, -0.05) is 71.8 Å². The number of carbonyl (C=O) groups is 4. The molecule has 0 aliphatic carbocycles. The van der Waals surface area contributed by atoms with Crippen molar-refractivity contribution in [3.05, 3.63) is 101 Å². The van der Waals surface area contributed by atoms with Gasteiger partial charge in [-0.15, -0.1) is 0 Å². The van der Waals surface area contributed by atoms with E-state index < -0.39 is 45.0 Å². The maximum atomic E-state index is 13.7. The van der Waals surface area contributed by atoms with Gasteiger partial charge in [0.1, 0.15) is 5.60 Å². The zero-order valence-corrected chi connectivity index (χ0v) is 27.4. The number of sulfone groups is 1. The van der Waals surface area contributed by atoms with Crippen molar-refractivity contribution in [2.24, 2.45) is 11.8 Å². The van der Waals surface area contributed by atoms with Crippen molar-refractivity contribution in [2.45, 2.75) is 77.2 Å². The van der Waals surface area contributed by atoms with Crippen molar-refractivity contribution >= 4 is 33.3 Å². The van der Waals surface area contributed by atoms with Gasteiger partial charge < -0.3 is 9.84 Å². The average Bonchev–Trinajstić information content (AvgIpc) is 2.97. The van der Waals surface area contributed by atoms with Crippen LogP contribution in [0.2, 0.25) is 0 Å². The minimum absolute atomic E-state index is 0.0509. The number of Topliss-reactive ketones (excluding diaryl/α,β-unsaturated/α-hetero) is 2. The monoisotopic (exact) mass is 634 g/mol. The fraction of sp³-hybridized carbons (Fsp3) is 0.389. The van der Waals surface area contributed by atoms with Gasteiger partial charge >= 0.3 is 11.9 Å². The zero-order valence-electron chi connectivity index (χ0n) is 26.5. The summed E-state index contributed by atoms with van der Waals surface area (Å²) in [5.41, 5.74) is 2.80. The summed E-state index contributed by atoms with van der Waals surface area (Å²) < 4.78 is 31.9. The lowest BCUT2D eigenvalue weighted by atomic mass is 9.91. The third kappa shape index (κ3) is 11.1. The molecule has 0 saturated heterocycles. The highest BCUT2D eigenvalue weighted by Crippen LogP contribution is 2.24. The second-order valence-corrected chi connectivity index (χ2v) is 14.6. The smallest absolute Gasteiger partial charge is 0.306 e. The van der Waals surface area contributed by atoms with Crippen molar-refractivity contribution in [1.29, 1.82) is 0 Å². The molecule has 45 heavy (non-hydrogen) atoms. The number of rotatable bonds is 15. The fourth-order valence-electron chi connectivity index (χ4n) is 4.89. The second kappa shape index (κ2) is 15.3. The number of ketones is 2. The molecule has 0 bridgehead atoms. The van der Waals surface area contributed by atoms with Gasteiger partial charge in [-0.25, -0.2) is 8.42 Å². The minimum atomic E-state index is -3.77. The molecule has 3 aromatic carbocycles. The van der Waals surface area contributed by atoms with E-state index in [4.69, 9.17) is 4.74 Å². The summed E-state index contributed by atoms with van der Waals surface area (Å²) in [6, 6.07) is 20.3. The molecule has 1 unspecified atom stereocenters. The normalized spacial score (nSPS) is 13.1. The number of carbonyl (C=O) groups excluding carboxylic acids is 3. The van der Waals surface area contributed by atoms with E-state index in [9.17, 15) is 32.7 Å². The van der Waals surface area contributed by atoms with E-state index in [1.54, 1.807) is 45.0 Å². The van der Waals surface area contributed by atoms with Crippen LogP contribution in [0.4, 0.5) is 0 Å². The van der Waals surface area contributed by atoms with E-state index >= 15 is 0 Å². The number of carboxylic acid groups (broad SMARTS) is 1. The van der Waals surface area contributed by atoms with E-state index in [2.05, 4.69) is 0 Å². The Bertz CT molecular complexity index is 1600. The average molecular weight is 635 g/mol. The topological polar surface area (TPSA) is 132 Å². The molecule has 0 amide bonds. The molecular formula is C36H42O8S. The molecule has 0 spiro atoms. The van der Waals surface area contributed by atoms with Crippen LogP contribution < -0.4 is 0 Å². The Hall–Kier alpha value is -4.11. The first-order valence-electron chi connectivity index (χ1n) is 15.0. The molecule has 0 saturated carbocycles. The Labute approximate surface area is 265 Å². The summed E-state index contributed by atoms with van der Waals surface area (Å²) >= 11 is 0. The van der Waals surface area contributed by atoms with E-state index in [1.165, 1.54) is 24.3 Å². The summed E-state index contributed by atoms with van der Waals surface area (Å²) in [5, 5.41) is 9.63. The number of benzene rings is 3. The summed E-state index contributed by atoms with van der Waals surface area (Å²) in [5.74, 6) is -4.79. The van der Waals surface area contributed by atoms with Crippen molar-refractivity contribution in [1.82, 2.24) is 0 Å². The van der Waals surface area contributed by atoms with Crippen LogP contribution in [0, 0.1) is 25.7 Å². The lowest BCUT2D eigenvalue weighted by Gasteiger charge is -2.20. The number of ether oxygens (including phenoxy) is 1. The van der Waals surface area contributed by atoms with Crippen LogP contribution in [0.1, 0.15) is 83.9 Å². The van der Waals surface area contributed by atoms with Gasteiger partial charge in [-0.2, -0.15) is 0 Å². The highest BCUT2D eigenvalue weighted by atomic mass is 32.2. The number of hydrogen-bond donors (Lipinski definition) is 1. The van der Waals surface area contributed by atoms with Gasteiger partial charge in [0, 0.05) is 29.9 Å². The van der Waals surface area contributed by atoms with Crippen LogP contribution in [-0.4, -0.2) is 48.4 Å². The van der Waals surface area contributed by atoms with E-state index in [-0.39, 0.29) is 46.8 Å². The molecule has 0 aliphatic heterocycles. The zero-order chi connectivity index (χ0) is 33.4. The Morgan fingerprint density at radius 1 is 0.756 bits per heavy atom. The number of aliphatic carboxylic acids is 1. The molecule has 0 heterocycles. The molecule has 240 valence electrons. The Balaban J connectivity index is 1.75. The SMILES string of the molecule is Cc1ccc(CCC(CS(=O)(=O)c2ccc(C)cc2)C(=O)c2ccc(C(=O)C[C@@H](CCC(=O)OC(C)(C)C)C(=O)O)cc2)cc1. The van der Waals surface area contributed by atoms with Gasteiger partial charge in [0.15, 0.2) is 21.4 Å². The minimum Gasteiger partial charge on any atom is -0.481 e. The maximum Gasteiger partial charge on any atom is 0.306 e. The Morgan fingerprint density at radius 3 is 1.82 bits per heavy atom. The van der Waals surface area contributed by atoms with Gasteiger partial charge in [-0.05, 0) is 71.6 Å². The molecule has 3 aromatic rings. The van der Waals surface area contributed by atoms with Gasteiger partial charge in [0.2, 0.25) is 0 Å². The summed E-state index contributed by atoms with van der Waals surface area (Å²) in [7, 11) is -3.77. The van der Waals surface area contributed by atoms with Crippen molar-refractivity contribution < 1.29 is 37.4 Å². The largest absolute Gasteiger partial charge is 0.481 e. The first kappa shape index (κ1) is 35.4. The third-order valence-electron chi connectivity index (χ3n) is 7.46. The van der Waals surface area contributed by atoms with Crippen molar-refractivity contribution in [2.75, 3.05) is 5.75 Å². The van der Waals surface area contributed by atoms with Crippen LogP contribution in [0.5, 0.6) is 0 Å². The highest BCUT2D eigenvalue weighted by molar-refractivity contribution is 7.91. The van der Waals surface area contributed by atoms with Crippen LogP contribution in [-0.2, 0) is 30.6 Å². The molecule has 2 atom stereocenters. The standard InChI is InChI=1S/C36H42O8S/c1-24-6-10-26(11-7-24)12-13-30(23-45(42,43)31-19-8-25(2)9-20-31)34(39)28-16-14-27(15-17-28)32(37)22-29(35(40)41)18-21-33(38)44-36(3,4)5/h6-11,14-17,19-20,29-30H,12-13,18,21-23H2,1-5H3,(H,40,41)/t29-,30?/m1/s1. The summed E-state index contributed by atoms with van der Waals surface area (Å²) in [6.45, 7) is 8.99. The predicted molar refractivity (Wildman–Crippen MR) is 172 cm³/mol. The number of aryl methyl sites for hydroxylation is 3. The molecule has 0 aromatic heterocycles. The molecule has 0 aliphatic rings. The Kier molecular flexibility index (Phi) is 12.0. The van der Waals surface area contributed by atoms with Gasteiger partial charge in [0.05, 0.1) is 16.6 Å². The Morgan fingerprint density at radius 2 is 1.29 bits per heavy atom. The van der Waals surface area contributed by atoms with Gasteiger partial charge in [-0.3, -0.25) is 19.2 Å². The molecule has 0 radical (unpaired) electrons. The molecule has 3 rings (SSSR count). The first-order valence-corrected chi connectivity index (χ1v) is 16.7. The lowest BCUT2D eigenvalue weighted by molar-refractivity contribution is -0.155. The third-order valence-corrected chi connectivity index (χ3v) is 9.29. The molecule has 1 N–H and O–H groups in total. The van der Waals surface area contributed by atoms with E-state index in [1.807, 2.05) is 38.1 Å².